The lowest BCUT2D eigenvalue weighted by molar-refractivity contribution is -0.208. The molecule has 0 amide bonds. The van der Waals surface area contributed by atoms with E-state index in [1.807, 2.05) is 0 Å². The number of halogens is 3. The van der Waals surface area contributed by atoms with Crippen molar-refractivity contribution in [3.63, 3.8) is 0 Å². The summed E-state index contributed by atoms with van der Waals surface area (Å²) in [6.45, 7) is 0. The third-order valence-corrected chi connectivity index (χ3v) is 1.85. The summed E-state index contributed by atoms with van der Waals surface area (Å²) in [4.78, 5) is 3.79. The molecule has 2 aromatic heterocycles. The molecule has 0 bridgehead atoms. The molecule has 2 heterocycles. The number of rotatable bonds is 1. The van der Waals surface area contributed by atoms with Gasteiger partial charge in [-0.1, -0.05) is 0 Å². The molecule has 0 spiro atoms. The van der Waals surface area contributed by atoms with Crippen LogP contribution in [-0.2, 0) is 0 Å². The van der Waals surface area contributed by atoms with Gasteiger partial charge in [0.05, 0.1) is 0 Å². The van der Waals surface area contributed by atoms with Crippen LogP contribution in [0, 0.1) is 0 Å². The normalized spacial score (nSPS) is 14.4. The molecule has 0 aromatic carbocycles. The van der Waals surface area contributed by atoms with Crippen LogP contribution in [0.1, 0.15) is 11.8 Å². The van der Waals surface area contributed by atoms with Crippen LogP contribution in [0.15, 0.2) is 24.5 Å². The zero-order chi connectivity index (χ0) is 11.1. The molecular weight excluding hydrogens is 211 g/mol. The first-order chi connectivity index (χ1) is 6.98. The Morgan fingerprint density at radius 3 is 2.73 bits per heavy atom. The Morgan fingerprint density at radius 1 is 1.40 bits per heavy atom. The van der Waals surface area contributed by atoms with Crippen LogP contribution in [-0.4, -0.2) is 25.9 Å². The van der Waals surface area contributed by atoms with Gasteiger partial charge in [-0.15, -0.1) is 0 Å². The second-order valence-corrected chi connectivity index (χ2v) is 2.94. The van der Waals surface area contributed by atoms with E-state index in [0.717, 1.165) is 6.07 Å². The summed E-state index contributed by atoms with van der Waals surface area (Å²) in [7, 11) is 0. The molecule has 0 radical (unpaired) electrons. The van der Waals surface area contributed by atoms with Gasteiger partial charge < -0.3 is 5.11 Å². The van der Waals surface area contributed by atoms with Crippen molar-refractivity contribution in [2.24, 2.45) is 0 Å². The standard InChI is InChI=1S/C8H6F3N3O/c9-8(10,11)7(15)5-4-6-12-2-1-3-14(6)13-5/h1-4,7,15H. The molecule has 0 fully saturated rings. The number of hydrogen-bond donors (Lipinski definition) is 1. The summed E-state index contributed by atoms with van der Waals surface area (Å²) in [6.07, 6.45) is -4.40. The highest BCUT2D eigenvalue weighted by atomic mass is 19.4. The van der Waals surface area contributed by atoms with Crippen LogP contribution < -0.4 is 0 Å². The predicted octanol–water partition coefficient (Wildman–Crippen LogP) is 1.32. The van der Waals surface area contributed by atoms with Crippen LogP contribution in [0.5, 0.6) is 0 Å². The highest BCUT2D eigenvalue weighted by Crippen LogP contribution is 2.31. The summed E-state index contributed by atoms with van der Waals surface area (Å²) in [5, 5.41) is 12.5. The van der Waals surface area contributed by atoms with E-state index < -0.39 is 18.0 Å². The molecule has 1 N–H and O–H groups in total. The van der Waals surface area contributed by atoms with Gasteiger partial charge in [-0.3, -0.25) is 0 Å². The van der Waals surface area contributed by atoms with Gasteiger partial charge in [0.2, 0.25) is 0 Å². The van der Waals surface area contributed by atoms with E-state index in [1.165, 1.54) is 23.0 Å². The van der Waals surface area contributed by atoms with E-state index in [-0.39, 0.29) is 5.65 Å². The van der Waals surface area contributed by atoms with E-state index in [1.54, 1.807) is 0 Å². The molecule has 0 aliphatic rings. The van der Waals surface area contributed by atoms with Crippen LogP contribution >= 0.6 is 0 Å². The van der Waals surface area contributed by atoms with E-state index in [2.05, 4.69) is 10.1 Å². The Labute approximate surface area is 82.0 Å². The lowest BCUT2D eigenvalue weighted by Crippen LogP contribution is -2.20. The number of alkyl halides is 3. The number of fused-ring (bicyclic) bond motifs is 1. The first-order valence-electron chi connectivity index (χ1n) is 4.03. The number of nitrogens with zero attached hydrogens (tertiary/aromatic N) is 3. The van der Waals surface area contributed by atoms with Crippen molar-refractivity contribution in [2.75, 3.05) is 0 Å². The topological polar surface area (TPSA) is 50.4 Å². The maximum Gasteiger partial charge on any atom is 0.420 e. The zero-order valence-corrected chi connectivity index (χ0v) is 7.31. The molecule has 0 aliphatic carbocycles. The Morgan fingerprint density at radius 2 is 2.13 bits per heavy atom. The van der Waals surface area contributed by atoms with E-state index >= 15 is 0 Å². The van der Waals surface area contributed by atoms with Crippen LogP contribution in [0.4, 0.5) is 13.2 Å². The average molecular weight is 217 g/mol. The third kappa shape index (κ3) is 1.78. The van der Waals surface area contributed by atoms with Crippen molar-refractivity contribution in [3.05, 3.63) is 30.2 Å². The molecule has 15 heavy (non-hydrogen) atoms. The monoisotopic (exact) mass is 217 g/mol. The van der Waals surface area contributed by atoms with Gasteiger partial charge in [-0.2, -0.15) is 18.3 Å². The molecule has 1 unspecified atom stereocenters. The molecule has 80 valence electrons. The van der Waals surface area contributed by atoms with Crippen LogP contribution in [0.3, 0.4) is 0 Å². The molecule has 2 aromatic rings. The molecule has 0 saturated carbocycles. The summed E-state index contributed by atoms with van der Waals surface area (Å²) in [6, 6.07) is 2.63. The summed E-state index contributed by atoms with van der Waals surface area (Å²) in [5.74, 6) is 0. The fourth-order valence-corrected chi connectivity index (χ4v) is 1.15. The maximum atomic E-state index is 12.1. The Bertz CT molecular complexity index is 446. The number of aliphatic hydroxyl groups excluding tert-OH is 1. The van der Waals surface area contributed by atoms with Gasteiger partial charge in [0, 0.05) is 18.5 Å². The van der Waals surface area contributed by atoms with E-state index in [0.29, 0.717) is 0 Å². The molecule has 0 aliphatic heterocycles. The Hall–Kier alpha value is -1.63. The minimum atomic E-state index is -4.71. The minimum Gasteiger partial charge on any atom is -0.378 e. The fourth-order valence-electron chi connectivity index (χ4n) is 1.15. The van der Waals surface area contributed by atoms with Crippen molar-refractivity contribution >= 4 is 5.65 Å². The summed E-state index contributed by atoms with van der Waals surface area (Å²) in [5.41, 5.74) is -0.197. The average Bonchev–Trinajstić information content (AvgIpc) is 2.58. The highest BCUT2D eigenvalue weighted by Gasteiger charge is 2.41. The van der Waals surface area contributed by atoms with Crippen molar-refractivity contribution in [3.8, 4) is 0 Å². The Kier molecular flexibility index (Phi) is 2.11. The first kappa shape index (κ1) is 9.91. The SMILES string of the molecule is OC(c1cc2ncccn2n1)C(F)(F)F. The zero-order valence-electron chi connectivity index (χ0n) is 7.31. The quantitative estimate of drug-likeness (QED) is 0.783. The first-order valence-corrected chi connectivity index (χ1v) is 4.03. The lowest BCUT2D eigenvalue weighted by atomic mass is 10.2. The van der Waals surface area contributed by atoms with Gasteiger partial charge in [0.25, 0.3) is 0 Å². The summed E-state index contributed by atoms with van der Waals surface area (Å²) >= 11 is 0. The Balaban J connectivity index is 2.45. The number of hydrogen-bond acceptors (Lipinski definition) is 3. The van der Waals surface area contributed by atoms with Crippen LogP contribution in [0.2, 0.25) is 0 Å². The van der Waals surface area contributed by atoms with Gasteiger partial charge in [0.1, 0.15) is 5.69 Å². The fraction of sp³-hybridized carbons (Fsp3) is 0.250. The maximum absolute atomic E-state index is 12.1. The molecular formula is C8H6F3N3O. The molecule has 1 atom stereocenters. The molecule has 7 heteroatoms. The van der Waals surface area contributed by atoms with E-state index in [4.69, 9.17) is 5.11 Å². The smallest absolute Gasteiger partial charge is 0.378 e. The lowest BCUT2D eigenvalue weighted by Gasteiger charge is -2.10. The number of aromatic nitrogens is 3. The van der Waals surface area contributed by atoms with Crippen molar-refractivity contribution in [1.29, 1.82) is 0 Å². The van der Waals surface area contributed by atoms with E-state index in [9.17, 15) is 13.2 Å². The number of aliphatic hydroxyl groups is 1. The molecule has 2 rings (SSSR count). The van der Waals surface area contributed by atoms with Crippen LogP contribution in [0.25, 0.3) is 5.65 Å². The van der Waals surface area contributed by atoms with Crippen molar-refractivity contribution < 1.29 is 18.3 Å². The molecule has 0 saturated heterocycles. The predicted molar refractivity (Wildman–Crippen MR) is 44.0 cm³/mol. The van der Waals surface area contributed by atoms with Gasteiger partial charge in [-0.25, -0.2) is 9.50 Å². The highest BCUT2D eigenvalue weighted by molar-refractivity contribution is 5.39. The minimum absolute atomic E-state index is 0.260. The third-order valence-electron chi connectivity index (χ3n) is 1.85. The van der Waals surface area contributed by atoms with Crippen molar-refractivity contribution in [2.45, 2.75) is 12.3 Å². The second-order valence-electron chi connectivity index (χ2n) is 2.94. The molecule has 4 nitrogen and oxygen atoms in total. The van der Waals surface area contributed by atoms with Gasteiger partial charge >= 0.3 is 6.18 Å². The van der Waals surface area contributed by atoms with Gasteiger partial charge in [0.15, 0.2) is 11.8 Å². The van der Waals surface area contributed by atoms with Gasteiger partial charge in [-0.05, 0) is 6.07 Å². The van der Waals surface area contributed by atoms with Crippen molar-refractivity contribution in [1.82, 2.24) is 14.6 Å². The second kappa shape index (κ2) is 3.20. The largest absolute Gasteiger partial charge is 0.420 e. The summed E-state index contributed by atoms with van der Waals surface area (Å²) < 4.78 is 37.6.